The number of hydrogen-bond acceptors (Lipinski definition) is 2. The number of fused-ring (bicyclic) bond motifs is 1. The van der Waals surface area contributed by atoms with Gasteiger partial charge in [-0.05, 0) is 61.9 Å². The number of benzene rings is 2. The van der Waals surface area contributed by atoms with Gasteiger partial charge < -0.3 is 15.4 Å². The fourth-order valence-corrected chi connectivity index (χ4v) is 3.40. The van der Waals surface area contributed by atoms with Crippen LogP contribution in [-0.2, 0) is 6.42 Å². The molecular formula is C21H26N2O2. The first-order valence-electron chi connectivity index (χ1n) is 9.05. The maximum atomic E-state index is 12.4. The van der Waals surface area contributed by atoms with E-state index in [1.807, 2.05) is 44.2 Å². The predicted octanol–water partition coefficient (Wildman–Crippen LogP) is 4.52. The van der Waals surface area contributed by atoms with Gasteiger partial charge in [-0.25, -0.2) is 4.79 Å². The molecule has 0 saturated heterocycles. The Morgan fingerprint density at radius 3 is 2.72 bits per heavy atom. The molecule has 0 aromatic heterocycles. The third kappa shape index (κ3) is 4.32. The minimum absolute atomic E-state index is 0.0606. The highest BCUT2D eigenvalue weighted by molar-refractivity contribution is 5.75. The van der Waals surface area contributed by atoms with E-state index in [1.165, 1.54) is 11.1 Å². The van der Waals surface area contributed by atoms with Crippen LogP contribution in [0.1, 0.15) is 55.5 Å². The first kappa shape index (κ1) is 17.3. The lowest BCUT2D eigenvalue weighted by Gasteiger charge is -2.27. The molecule has 0 aliphatic heterocycles. The minimum atomic E-state index is -0.122. The van der Waals surface area contributed by atoms with Crippen LogP contribution in [-0.4, -0.2) is 12.6 Å². The molecule has 0 spiro atoms. The molecule has 1 aliphatic carbocycles. The van der Waals surface area contributed by atoms with Crippen molar-refractivity contribution in [3.63, 3.8) is 0 Å². The number of aryl methyl sites for hydroxylation is 1. The number of carbonyl (C=O) groups is 1. The number of carbonyl (C=O) groups excluding carboxylic acids is 1. The predicted molar refractivity (Wildman–Crippen MR) is 99.8 cm³/mol. The summed E-state index contributed by atoms with van der Waals surface area (Å²) >= 11 is 0. The fourth-order valence-electron chi connectivity index (χ4n) is 3.40. The first-order chi connectivity index (χ1) is 12.2. The first-order valence-corrected chi connectivity index (χ1v) is 9.05. The molecular weight excluding hydrogens is 312 g/mol. The molecule has 0 bridgehead atoms. The van der Waals surface area contributed by atoms with E-state index in [4.69, 9.17) is 4.74 Å². The number of nitrogens with one attached hydrogen (secondary N) is 2. The highest BCUT2D eigenvalue weighted by Gasteiger charge is 2.22. The average molecular weight is 338 g/mol. The Hall–Kier alpha value is -2.49. The summed E-state index contributed by atoms with van der Waals surface area (Å²) < 4.78 is 5.46. The number of amides is 2. The van der Waals surface area contributed by atoms with E-state index in [0.717, 1.165) is 30.6 Å². The molecule has 4 heteroatoms. The molecule has 132 valence electrons. The second-order valence-corrected chi connectivity index (χ2v) is 6.49. The molecule has 25 heavy (non-hydrogen) atoms. The Morgan fingerprint density at radius 1 is 1.20 bits per heavy atom. The van der Waals surface area contributed by atoms with Gasteiger partial charge in [0.15, 0.2) is 0 Å². The van der Waals surface area contributed by atoms with Crippen molar-refractivity contribution in [1.29, 1.82) is 0 Å². The van der Waals surface area contributed by atoms with E-state index in [0.29, 0.717) is 6.61 Å². The Morgan fingerprint density at radius 2 is 1.96 bits per heavy atom. The van der Waals surface area contributed by atoms with E-state index >= 15 is 0 Å². The Labute approximate surface area is 149 Å². The highest BCUT2D eigenvalue weighted by atomic mass is 16.5. The third-order valence-electron chi connectivity index (χ3n) is 4.71. The fraction of sp³-hybridized carbons (Fsp3) is 0.381. The van der Waals surface area contributed by atoms with E-state index in [-0.39, 0.29) is 18.1 Å². The van der Waals surface area contributed by atoms with Crippen molar-refractivity contribution in [3.05, 3.63) is 65.2 Å². The van der Waals surface area contributed by atoms with E-state index in [9.17, 15) is 4.79 Å². The lowest BCUT2D eigenvalue weighted by atomic mass is 9.88. The van der Waals surface area contributed by atoms with Crippen LogP contribution in [0.5, 0.6) is 5.75 Å². The largest absolute Gasteiger partial charge is 0.494 e. The molecule has 2 N–H and O–H groups in total. The highest BCUT2D eigenvalue weighted by Crippen LogP contribution is 2.29. The zero-order valence-corrected chi connectivity index (χ0v) is 14.9. The molecule has 0 saturated carbocycles. The van der Waals surface area contributed by atoms with E-state index in [2.05, 4.69) is 28.8 Å². The summed E-state index contributed by atoms with van der Waals surface area (Å²) in [5, 5.41) is 6.17. The van der Waals surface area contributed by atoms with Crippen molar-refractivity contribution < 1.29 is 9.53 Å². The van der Waals surface area contributed by atoms with Crippen LogP contribution in [0, 0.1) is 0 Å². The van der Waals surface area contributed by atoms with Crippen LogP contribution in [0.15, 0.2) is 48.5 Å². The summed E-state index contributed by atoms with van der Waals surface area (Å²) in [7, 11) is 0. The number of hydrogen-bond donors (Lipinski definition) is 2. The van der Waals surface area contributed by atoms with Crippen LogP contribution >= 0.6 is 0 Å². The zero-order valence-electron chi connectivity index (χ0n) is 14.9. The van der Waals surface area contributed by atoms with Crippen LogP contribution in [0.3, 0.4) is 0 Å². The van der Waals surface area contributed by atoms with Crippen LogP contribution in [0.2, 0.25) is 0 Å². The van der Waals surface area contributed by atoms with Crippen molar-refractivity contribution in [2.75, 3.05) is 6.61 Å². The lowest BCUT2D eigenvalue weighted by molar-refractivity contribution is 0.232. The van der Waals surface area contributed by atoms with Crippen molar-refractivity contribution in [3.8, 4) is 5.75 Å². The van der Waals surface area contributed by atoms with Gasteiger partial charge in [-0.1, -0.05) is 36.4 Å². The second-order valence-electron chi connectivity index (χ2n) is 6.49. The molecule has 3 rings (SSSR count). The summed E-state index contributed by atoms with van der Waals surface area (Å²) in [6.45, 7) is 4.61. The van der Waals surface area contributed by atoms with Crippen LogP contribution in [0.25, 0.3) is 0 Å². The Balaban J connectivity index is 1.59. The summed E-state index contributed by atoms with van der Waals surface area (Å²) in [5.41, 5.74) is 3.65. The topological polar surface area (TPSA) is 50.4 Å². The van der Waals surface area contributed by atoms with Gasteiger partial charge in [0.2, 0.25) is 0 Å². The summed E-state index contributed by atoms with van der Waals surface area (Å²) in [4.78, 5) is 12.4. The van der Waals surface area contributed by atoms with Gasteiger partial charge in [0.1, 0.15) is 5.75 Å². The van der Waals surface area contributed by atoms with Gasteiger partial charge >= 0.3 is 6.03 Å². The second kappa shape index (κ2) is 8.06. The standard InChI is InChI=1S/C21H26N2O2/c1-3-25-18-13-11-16(12-14-18)15(2)22-21(24)23-20-10-6-8-17-7-4-5-9-19(17)20/h4-5,7,9,11-15,20H,3,6,8,10H2,1-2H3,(H2,22,23,24). The molecule has 4 nitrogen and oxygen atoms in total. The van der Waals surface area contributed by atoms with Gasteiger partial charge in [-0.15, -0.1) is 0 Å². The van der Waals surface area contributed by atoms with Gasteiger partial charge in [-0.3, -0.25) is 0 Å². The third-order valence-corrected chi connectivity index (χ3v) is 4.71. The molecule has 2 aromatic rings. The van der Waals surface area contributed by atoms with Gasteiger partial charge in [-0.2, -0.15) is 0 Å². The number of urea groups is 1. The molecule has 2 amide bonds. The molecule has 1 aliphatic rings. The Bertz CT molecular complexity index is 712. The van der Waals surface area contributed by atoms with Crippen molar-refractivity contribution in [2.24, 2.45) is 0 Å². The number of rotatable bonds is 5. The summed E-state index contributed by atoms with van der Waals surface area (Å²) in [6.07, 6.45) is 3.19. The van der Waals surface area contributed by atoms with Crippen LogP contribution in [0.4, 0.5) is 4.79 Å². The Kier molecular flexibility index (Phi) is 5.59. The minimum Gasteiger partial charge on any atom is -0.494 e. The average Bonchev–Trinajstić information content (AvgIpc) is 2.63. The quantitative estimate of drug-likeness (QED) is 0.842. The van der Waals surface area contributed by atoms with E-state index < -0.39 is 0 Å². The zero-order chi connectivity index (χ0) is 17.6. The van der Waals surface area contributed by atoms with Gasteiger partial charge in [0, 0.05) is 0 Å². The molecule has 0 radical (unpaired) electrons. The van der Waals surface area contributed by atoms with Gasteiger partial charge in [0.05, 0.1) is 18.7 Å². The van der Waals surface area contributed by atoms with Crippen molar-refractivity contribution >= 4 is 6.03 Å². The summed E-state index contributed by atoms with van der Waals surface area (Å²) in [6, 6.07) is 16.2. The maximum absolute atomic E-state index is 12.4. The normalized spacial score (nSPS) is 17.3. The summed E-state index contributed by atoms with van der Waals surface area (Å²) in [5.74, 6) is 0.849. The van der Waals surface area contributed by atoms with Crippen LogP contribution < -0.4 is 15.4 Å². The van der Waals surface area contributed by atoms with Crippen molar-refractivity contribution in [1.82, 2.24) is 10.6 Å². The van der Waals surface area contributed by atoms with E-state index in [1.54, 1.807) is 0 Å². The lowest BCUT2D eigenvalue weighted by Crippen LogP contribution is -2.40. The molecule has 2 aromatic carbocycles. The molecule has 2 atom stereocenters. The van der Waals surface area contributed by atoms with Gasteiger partial charge in [0.25, 0.3) is 0 Å². The maximum Gasteiger partial charge on any atom is 0.315 e. The molecule has 0 heterocycles. The molecule has 2 unspecified atom stereocenters. The smallest absolute Gasteiger partial charge is 0.315 e. The monoisotopic (exact) mass is 338 g/mol. The number of ether oxygens (including phenoxy) is 1. The SMILES string of the molecule is CCOc1ccc(C(C)NC(=O)NC2CCCc3ccccc32)cc1. The molecule has 0 fully saturated rings. The van der Waals surface area contributed by atoms with Crippen molar-refractivity contribution in [2.45, 2.75) is 45.2 Å².